The Hall–Kier alpha value is -3.52. The lowest BCUT2D eigenvalue weighted by Gasteiger charge is -2.11. The van der Waals surface area contributed by atoms with Crippen LogP contribution in [0.5, 0.6) is 0 Å². The van der Waals surface area contributed by atoms with Crippen molar-refractivity contribution in [1.82, 2.24) is 30.0 Å². The minimum absolute atomic E-state index is 0.195. The SMILES string of the molecule is Cc1ccc(-n2ncc(C(=O)Nc3cccc(-c4nnnn4C)c3)c2C2CC2)cc1Cl. The molecular formula is C22H20ClN7O. The smallest absolute Gasteiger partial charge is 0.259 e. The predicted octanol–water partition coefficient (Wildman–Crippen LogP) is 4.15. The summed E-state index contributed by atoms with van der Waals surface area (Å²) in [7, 11) is 1.77. The molecule has 31 heavy (non-hydrogen) atoms. The molecule has 156 valence electrons. The summed E-state index contributed by atoms with van der Waals surface area (Å²) in [6.07, 6.45) is 3.72. The molecule has 1 N–H and O–H groups in total. The fourth-order valence-corrected chi connectivity index (χ4v) is 3.79. The van der Waals surface area contributed by atoms with E-state index < -0.39 is 0 Å². The van der Waals surface area contributed by atoms with Crippen LogP contribution in [-0.4, -0.2) is 35.9 Å². The van der Waals surface area contributed by atoms with Crippen LogP contribution in [0.2, 0.25) is 5.02 Å². The summed E-state index contributed by atoms with van der Waals surface area (Å²) in [4.78, 5) is 13.2. The highest BCUT2D eigenvalue weighted by molar-refractivity contribution is 6.31. The number of aryl methyl sites for hydroxylation is 2. The Morgan fingerprint density at radius 2 is 2.03 bits per heavy atom. The van der Waals surface area contributed by atoms with E-state index in [2.05, 4.69) is 25.9 Å². The van der Waals surface area contributed by atoms with Crippen LogP contribution in [0, 0.1) is 6.92 Å². The van der Waals surface area contributed by atoms with Gasteiger partial charge in [-0.2, -0.15) is 5.10 Å². The Kier molecular flexibility index (Phi) is 4.78. The number of anilines is 1. The average Bonchev–Trinajstić information content (AvgIpc) is 3.35. The molecule has 0 saturated heterocycles. The van der Waals surface area contributed by atoms with Crippen molar-refractivity contribution in [1.29, 1.82) is 0 Å². The first kappa shape index (κ1) is 19.4. The van der Waals surface area contributed by atoms with Crippen molar-refractivity contribution in [3.05, 3.63) is 70.5 Å². The third-order valence-corrected chi connectivity index (χ3v) is 5.82. The lowest BCUT2D eigenvalue weighted by atomic mass is 10.1. The third kappa shape index (κ3) is 3.70. The summed E-state index contributed by atoms with van der Waals surface area (Å²) >= 11 is 6.32. The first-order valence-corrected chi connectivity index (χ1v) is 10.4. The molecule has 1 saturated carbocycles. The van der Waals surface area contributed by atoms with E-state index in [0.29, 0.717) is 28.0 Å². The second kappa shape index (κ2) is 7.63. The average molecular weight is 434 g/mol. The van der Waals surface area contributed by atoms with Crippen molar-refractivity contribution >= 4 is 23.2 Å². The molecule has 0 aliphatic heterocycles. The fourth-order valence-electron chi connectivity index (χ4n) is 3.61. The van der Waals surface area contributed by atoms with Crippen molar-refractivity contribution in [2.24, 2.45) is 7.05 Å². The maximum Gasteiger partial charge on any atom is 0.259 e. The first-order valence-electron chi connectivity index (χ1n) is 10.00. The van der Waals surface area contributed by atoms with Gasteiger partial charge in [0, 0.05) is 29.2 Å². The van der Waals surface area contributed by atoms with Gasteiger partial charge in [-0.1, -0.05) is 29.8 Å². The molecule has 5 rings (SSSR count). The summed E-state index contributed by atoms with van der Waals surface area (Å²) in [5.41, 5.74) is 4.84. The number of hydrogen-bond donors (Lipinski definition) is 1. The molecule has 1 fully saturated rings. The largest absolute Gasteiger partial charge is 0.322 e. The Morgan fingerprint density at radius 1 is 1.19 bits per heavy atom. The van der Waals surface area contributed by atoms with E-state index in [1.165, 1.54) is 0 Å². The molecule has 0 atom stereocenters. The van der Waals surface area contributed by atoms with Gasteiger partial charge in [0.15, 0.2) is 5.82 Å². The van der Waals surface area contributed by atoms with Crippen LogP contribution >= 0.6 is 11.6 Å². The summed E-state index contributed by atoms with van der Waals surface area (Å²) in [6.45, 7) is 1.96. The van der Waals surface area contributed by atoms with E-state index >= 15 is 0 Å². The number of aromatic nitrogens is 6. The van der Waals surface area contributed by atoms with Gasteiger partial charge in [-0.05, 0) is 60.0 Å². The zero-order valence-electron chi connectivity index (χ0n) is 17.1. The van der Waals surface area contributed by atoms with Crippen LogP contribution in [0.15, 0.2) is 48.7 Å². The minimum Gasteiger partial charge on any atom is -0.322 e. The highest BCUT2D eigenvalue weighted by Crippen LogP contribution is 2.42. The van der Waals surface area contributed by atoms with E-state index in [-0.39, 0.29) is 5.91 Å². The number of carbonyl (C=O) groups is 1. The van der Waals surface area contributed by atoms with Crippen molar-refractivity contribution < 1.29 is 4.79 Å². The second-order valence-corrected chi connectivity index (χ2v) is 8.13. The van der Waals surface area contributed by atoms with Gasteiger partial charge in [0.1, 0.15) is 0 Å². The maximum atomic E-state index is 13.2. The van der Waals surface area contributed by atoms with E-state index in [0.717, 1.165) is 35.3 Å². The highest BCUT2D eigenvalue weighted by Gasteiger charge is 2.33. The number of halogens is 1. The lowest BCUT2D eigenvalue weighted by Crippen LogP contribution is -2.14. The predicted molar refractivity (Wildman–Crippen MR) is 117 cm³/mol. The van der Waals surface area contributed by atoms with Crippen LogP contribution in [0.1, 0.15) is 40.4 Å². The molecule has 4 aromatic rings. The third-order valence-electron chi connectivity index (χ3n) is 5.41. The van der Waals surface area contributed by atoms with Crippen molar-refractivity contribution in [3.63, 3.8) is 0 Å². The molecule has 8 nitrogen and oxygen atoms in total. The number of rotatable bonds is 5. The molecule has 9 heteroatoms. The van der Waals surface area contributed by atoms with E-state index in [4.69, 9.17) is 11.6 Å². The summed E-state index contributed by atoms with van der Waals surface area (Å²) in [5, 5.41) is 19.7. The molecule has 2 aromatic heterocycles. The van der Waals surface area contributed by atoms with Gasteiger partial charge in [-0.3, -0.25) is 4.79 Å². The normalized spacial score (nSPS) is 13.4. The number of benzene rings is 2. The van der Waals surface area contributed by atoms with E-state index in [9.17, 15) is 4.79 Å². The molecule has 1 aliphatic carbocycles. The van der Waals surface area contributed by atoms with Gasteiger partial charge in [0.05, 0.1) is 23.1 Å². The van der Waals surface area contributed by atoms with Crippen LogP contribution in [-0.2, 0) is 7.05 Å². The Bertz CT molecular complexity index is 1290. The molecule has 2 heterocycles. The van der Waals surface area contributed by atoms with Crippen LogP contribution in [0.4, 0.5) is 5.69 Å². The van der Waals surface area contributed by atoms with Gasteiger partial charge in [0.25, 0.3) is 5.91 Å². The highest BCUT2D eigenvalue weighted by atomic mass is 35.5. The zero-order valence-corrected chi connectivity index (χ0v) is 17.8. The topological polar surface area (TPSA) is 90.5 Å². The molecule has 1 aliphatic rings. The molecule has 1 amide bonds. The minimum atomic E-state index is -0.195. The Labute approximate surface area is 183 Å². The van der Waals surface area contributed by atoms with Crippen LogP contribution in [0.25, 0.3) is 17.1 Å². The van der Waals surface area contributed by atoms with Crippen molar-refractivity contribution in [3.8, 4) is 17.1 Å². The Morgan fingerprint density at radius 3 is 2.74 bits per heavy atom. The monoisotopic (exact) mass is 433 g/mol. The first-order chi connectivity index (χ1) is 15.0. The van der Waals surface area contributed by atoms with Gasteiger partial charge in [0.2, 0.25) is 0 Å². The van der Waals surface area contributed by atoms with Gasteiger partial charge < -0.3 is 5.32 Å². The fraction of sp³-hybridized carbons (Fsp3) is 0.227. The number of carbonyl (C=O) groups excluding carboxylic acids is 1. The standard InChI is InChI=1S/C22H20ClN7O/c1-13-6-9-17(11-19(13)23)30-20(14-7-8-14)18(12-24-30)22(31)25-16-5-3-4-15(10-16)21-26-27-28-29(21)2/h3-6,9-12,14H,7-8H2,1-2H3,(H,25,31). The second-order valence-electron chi connectivity index (χ2n) is 7.72. The van der Waals surface area contributed by atoms with Gasteiger partial charge in [-0.15, -0.1) is 5.10 Å². The summed E-state index contributed by atoms with van der Waals surface area (Å²) < 4.78 is 3.42. The van der Waals surface area contributed by atoms with Crippen molar-refractivity contribution in [2.45, 2.75) is 25.7 Å². The Balaban J connectivity index is 1.46. The molecule has 2 aromatic carbocycles. The zero-order chi connectivity index (χ0) is 21.5. The summed E-state index contributed by atoms with van der Waals surface area (Å²) in [5.74, 6) is 0.748. The lowest BCUT2D eigenvalue weighted by molar-refractivity contribution is 0.102. The number of tetrazole rings is 1. The molecule has 0 bridgehead atoms. The summed E-state index contributed by atoms with van der Waals surface area (Å²) in [6, 6.07) is 13.3. The molecule has 0 spiro atoms. The van der Waals surface area contributed by atoms with E-state index in [1.54, 1.807) is 17.9 Å². The van der Waals surface area contributed by atoms with Crippen molar-refractivity contribution in [2.75, 3.05) is 5.32 Å². The molecular weight excluding hydrogens is 414 g/mol. The van der Waals surface area contributed by atoms with Gasteiger partial charge >= 0.3 is 0 Å². The molecule has 0 radical (unpaired) electrons. The van der Waals surface area contributed by atoms with Gasteiger partial charge in [-0.25, -0.2) is 9.36 Å². The van der Waals surface area contributed by atoms with E-state index in [1.807, 2.05) is 54.1 Å². The quantitative estimate of drug-likeness (QED) is 0.510. The number of amides is 1. The van der Waals surface area contributed by atoms with Crippen LogP contribution in [0.3, 0.4) is 0 Å². The van der Waals surface area contributed by atoms with Crippen LogP contribution < -0.4 is 5.32 Å². The maximum absolute atomic E-state index is 13.2. The number of nitrogens with zero attached hydrogens (tertiary/aromatic N) is 6. The number of hydrogen-bond acceptors (Lipinski definition) is 5. The molecule has 0 unspecified atom stereocenters. The number of nitrogens with one attached hydrogen (secondary N) is 1.